The number of sulfonamides is 1. The van der Waals surface area contributed by atoms with Crippen molar-refractivity contribution in [2.24, 2.45) is 5.10 Å². The minimum atomic E-state index is -4.02. The molecule has 0 heterocycles. The first-order valence-electron chi connectivity index (χ1n) is 10.0. The minimum Gasteiger partial charge on any atom is -0.271 e. The minimum absolute atomic E-state index is 0.0915. The third-order valence-electron chi connectivity index (χ3n) is 4.91. The number of carbonyl (C=O) groups is 1. The molecule has 1 N–H and O–H groups in total. The lowest BCUT2D eigenvalue weighted by atomic mass is 10.1. The predicted molar refractivity (Wildman–Crippen MR) is 141 cm³/mol. The van der Waals surface area contributed by atoms with E-state index >= 15 is 0 Å². The van der Waals surface area contributed by atoms with Gasteiger partial charge in [0, 0.05) is 8.59 Å². The maximum atomic E-state index is 13.5. The Morgan fingerprint density at radius 3 is 2.39 bits per heavy atom. The van der Waals surface area contributed by atoms with E-state index in [1.807, 2.05) is 31.2 Å². The topological polar surface area (TPSA) is 78.8 Å². The van der Waals surface area contributed by atoms with Crippen molar-refractivity contribution in [3.05, 3.63) is 92.0 Å². The van der Waals surface area contributed by atoms with E-state index in [4.69, 9.17) is 11.6 Å². The van der Waals surface area contributed by atoms with Crippen LogP contribution in [0.3, 0.4) is 0 Å². The second-order valence-corrected chi connectivity index (χ2v) is 11.0. The van der Waals surface area contributed by atoms with Crippen molar-refractivity contribution in [3.8, 4) is 0 Å². The van der Waals surface area contributed by atoms with Gasteiger partial charge in [-0.3, -0.25) is 9.10 Å². The summed E-state index contributed by atoms with van der Waals surface area (Å²) in [4.78, 5) is 12.9. The average molecular weight is 596 g/mol. The number of hydrazone groups is 1. The molecule has 3 aromatic carbocycles. The molecule has 3 aromatic rings. The highest BCUT2D eigenvalue weighted by Crippen LogP contribution is 2.29. The molecule has 0 spiro atoms. The van der Waals surface area contributed by atoms with Crippen molar-refractivity contribution in [2.75, 3.05) is 10.8 Å². The van der Waals surface area contributed by atoms with Crippen LogP contribution in [-0.2, 0) is 14.8 Å². The number of benzene rings is 3. The zero-order chi connectivity index (χ0) is 24.2. The lowest BCUT2D eigenvalue weighted by Crippen LogP contribution is -2.40. The Bertz CT molecular complexity index is 1310. The normalized spacial score (nSPS) is 11.8. The van der Waals surface area contributed by atoms with Crippen molar-refractivity contribution < 1.29 is 13.2 Å². The summed E-state index contributed by atoms with van der Waals surface area (Å²) in [5, 5.41) is 4.63. The van der Waals surface area contributed by atoms with Crippen LogP contribution >= 0.6 is 34.2 Å². The van der Waals surface area contributed by atoms with Crippen molar-refractivity contribution in [3.63, 3.8) is 0 Å². The first kappa shape index (κ1) is 25.2. The second-order valence-electron chi connectivity index (χ2n) is 7.50. The van der Waals surface area contributed by atoms with E-state index in [1.54, 1.807) is 44.2 Å². The molecule has 6 nitrogen and oxygen atoms in total. The van der Waals surface area contributed by atoms with Crippen molar-refractivity contribution >= 4 is 61.5 Å². The van der Waals surface area contributed by atoms with Crippen LogP contribution in [0.2, 0.25) is 5.02 Å². The van der Waals surface area contributed by atoms with E-state index in [-0.39, 0.29) is 4.90 Å². The number of hydrogen-bond acceptors (Lipinski definition) is 4. The molecule has 33 heavy (non-hydrogen) atoms. The molecule has 1 amide bonds. The Balaban J connectivity index is 1.92. The molecular formula is C24H23ClIN3O3S. The van der Waals surface area contributed by atoms with E-state index in [1.165, 1.54) is 12.1 Å². The van der Waals surface area contributed by atoms with Crippen LogP contribution in [0.5, 0.6) is 0 Å². The lowest BCUT2D eigenvalue weighted by Gasteiger charge is -2.25. The van der Waals surface area contributed by atoms with Gasteiger partial charge in [0.15, 0.2) is 0 Å². The summed E-state index contributed by atoms with van der Waals surface area (Å²) in [7, 11) is -4.02. The smallest absolute Gasteiger partial charge is 0.264 e. The molecule has 0 bridgehead atoms. The first-order valence-corrected chi connectivity index (χ1v) is 12.9. The van der Waals surface area contributed by atoms with Crippen LogP contribution in [0, 0.1) is 17.4 Å². The van der Waals surface area contributed by atoms with Crippen LogP contribution in [0.25, 0.3) is 0 Å². The predicted octanol–water partition coefficient (Wildman–Crippen LogP) is 5.30. The van der Waals surface area contributed by atoms with Gasteiger partial charge in [-0.15, -0.1) is 0 Å². The maximum absolute atomic E-state index is 13.5. The fourth-order valence-electron chi connectivity index (χ4n) is 3.13. The number of nitrogens with one attached hydrogen (secondary N) is 1. The van der Waals surface area contributed by atoms with E-state index in [9.17, 15) is 13.2 Å². The highest BCUT2D eigenvalue weighted by molar-refractivity contribution is 14.1. The molecule has 0 aliphatic carbocycles. The van der Waals surface area contributed by atoms with Gasteiger partial charge >= 0.3 is 0 Å². The largest absolute Gasteiger partial charge is 0.271 e. The van der Waals surface area contributed by atoms with Gasteiger partial charge in [-0.25, -0.2) is 13.8 Å². The number of hydrogen-bond donors (Lipinski definition) is 1. The standard InChI is InChI=1S/C24H23ClIN3O3S/c1-16-7-10-22(11-8-16)33(31,32)29(23-12-9-20(25)13-17(23)2)15-24(30)28-27-18(3)19-5-4-6-21(26)14-19/h4-14H,15H2,1-3H3,(H,28,30)/b27-18+. The monoisotopic (exact) mass is 595 g/mol. The van der Waals surface area contributed by atoms with Crippen molar-refractivity contribution in [1.82, 2.24) is 5.43 Å². The molecular weight excluding hydrogens is 573 g/mol. The molecule has 0 saturated carbocycles. The summed E-state index contributed by atoms with van der Waals surface area (Å²) in [5.74, 6) is -0.565. The summed E-state index contributed by atoms with van der Waals surface area (Å²) in [6.07, 6.45) is 0. The van der Waals surface area contributed by atoms with Gasteiger partial charge in [-0.1, -0.05) is 41.4 Å². The van der Waals surface area contributed by atoms with Crippen molar-refractivity contribution in [1.29, 1.82) is 0 Å². The van der Waals surface area contributed by atoms with Crippen LogP contribution in [0.1, 0.15) is 23.6 Å². The van der Waals surface area contributed by atoms with Gasteiger partial charge in [0.25, 0.3) is 15.9 Å². The summed E-state index contributed by atoms with van der Waals surface area (Å²) in [6, 6.07) is 19.0. The lowest BCUT2D eigenvalue weighted by molar-refractivity contribution is -0.119. The molecule has 0 atom stereocenters. The number of carbonyl (C=O) groups excluding carboxylic acids is 1. The van der Waals surface area contributed by atoms with Crippen LogP contribution < -0.4 is 9.73 Å². The molecule has 9 heteroatoms. The fraction of sp³-hybridized carbons (Fsp3) is 0.167. The van der Waals surface area contributed by atoms with Crippen LogP contribution in [0.15, 0.2) is 76.7 Å². The molecule has 0 aromatic heterocycles. The number of anilines is 1. The molecule has 0 aliphatic heterocycles. The van der Waals surface area contributed by atoms with E-state index < -0.39 is 22.5 Å². The maximum Gasteiger partial charge on any atom is 0.264 e. The van der Waals surface area contributed by atoms with Crippen LogP contribution in [0.4, 0.5) is 5.69 Å². The van der Waals surface area contributed by atoms with Gasteiger partial charge in [0.1, 0.15) is 6.54 Å². The number of amides is 1. The highest BCUT2D eigenvalue weighted by atomic mass is 127. The molecule has 0 radical (unpaired) electrons. The number of rotatable bonds is 7. The Morgan fingerprint density at radius 1 is 1.06 bits per heavy atom. The molecule has 0 aliphatic rings. The Kier molecular flexibility index (Phi) is 8.14. The average Bonchev–Trinajstić information content (AvgIpc) is 2.76. The van der Waals surface area contributed by atoms with E-state index in [0.717, 1.165) is 19.0 Å². The van der Waals surface area contributed by atoms with Crippen molar-refractivity contribution in [2.45, 2.75) is 25.7 Å². The zero-order valence-corrected chi connectivity index (χ0v) is 22.1. The van der Waals surface area contributed by atoms with Gasteiger partial charge in [0.05, 0.1) is 16.3 Å². The van der Waals surface area contributed by atoms with Gasteiger partial charge < -0.3 is 0 Å². The number of halogens is 2. The fourth-order valence-corrected chi connectivity index (χ4v) is 5.38. The molecule has 0 fully saturated rings. The molecule has 0 unspecified atom stereocenters. The third-order valence-corrected chi connectivity index (χ3v) is 7.59. The van der Waals surface area contributed by atoms with E-state index in [2.05, 4.69) is 33.1 Å². The second kappa shape index (κ2) is 10.7. The zero-order valence-electron chi connectivity index (χ0n) is 18.3. The first-order chi connectivity index (χ1) is 15.6. The Morgan fingerprint density at radius 2 is 1.76 bits per heavy atom. The molecule has 0 saturated heterocycles. The van der Waals surface area contributed by atoms with Crippen LogP contribution in [-0.4, -0.2) is 26.6 Å². The molecule has 172 valence electrons. The summed E-state index contributed by atoms with van der Waals surface area (Å²) in [6.45, 7) is 4.95. The Labute approximate surface area is 212 Å². The molecule has 3 rings (SSSR count). The Hall–Kier alpha value is -2.43. The summed E-state index contributed by atoms with van der Waals surface area (Å²) < 4.78 is 29.1. The van der Waals surface area contributed by atoms with Gasteiger partial charge in [-0.2, -0.15) is 5.10 Å². The number of nitrogens with zero attached hydrogens (tertiary/aromatic N) is 2. The quantitative estimate of drug-likeness (QED) is 0.229. The van der Waals surface area contributed by atoms with Gasteiger partial charge in [-0.05, 0) is 97.0 Å². The summed E-state index contributed by atoms with van der Waals surface area (Å²) in [5.41, 5.74) is 5.88. The van der Waals surface area contributed by atoms with Gasteiger partial charge in [0.2, 0.25) is 0 Å². The SMILES string of the molecule is C/C(=N\NC(=O)CN(c1ccc(Cl)cc1C)S(=O)(=O)c1ccc(C)cc1)c1cccc(I)c1. The summed E-state index contributed by atoms with van der Waals surface area (Å²) >= 11 is 8.26. The third kappa shape index (κ3) is 6.33. The van der Waals surface area contributed by atoms with E-state index in [0.29, 0.717) is 22.0 Å². The number of aryl methyl sites for hydroxylation is 2. The highest BCUT2D eigenvalue weighted by Gasteiger charge is 2.28.